The lowest BCUT2D eigenvalue weighted by Crippen LogP contribution is -2.54. The van der Waals surface area contributed by atoms with Crippen LogP contribution in [0.4, 0.5) is 25.8 Å². The van der Waals surface area contributed by atoms with Gasteiger partial charge in [-0.25, -0.2) is 23.7 Å². The van der Waals surface area contributed by atoms with E-state index in [1.165, 1.54) is 23.5 Å². The summed E-state index contributed by atoms with van der Waals surface area (Å²) in [7, 11) is 0. The number of amides is 1. The van der Waals surface area contributed by atoms with Gasteiger partial charge in [-0.3, -0.25) is 0 Å². The van der Waals surface area contributed by atoms with Crippen LogP contribution >= 0.6 is 11.3 Å². The second kappa shape index (κ2) is 11.0. The van der Waals surface area contributed by atoms with Crippen molar-refractivity contribution in [1.82, 2.24) is 24.5 Å². The molecule has 1 aromatic carbocycles. The largest absolute Gasteiger partial charge is 0.444 e. The lowest BCUT2D eigenvalue weighted by atomic mass is 10.1. The fraction of sp³-hybridized carbons (Fsp3) is 0.414. The molecule has 0 spiro atoms. The lowest BCUT2D eigenvalue weighted by molar-refractivity contribution is 0.0218. The van der Waals surface area contributed by atoms with E-state index < -0.39 is 5.60 Å². The number of benzene rings is 1. The van der Waals surface area contributed by atoms with Gasteiger partial charge in [-0.1, -0.05) is 18.3 Å². The van der Waals surface area contributed by atoms with Crippen LogP contribution in [-0.4, -0.2) is 61.9 Å². The van der Waals surface area contributed by atoms with Crippen LogP contribution in [0.25, 0.3) is 16.9 Å². The molecule has 3 aromatic heterocycles. The number of fused-ring (bicyclic) bond motifs is 1. The molecule has 12 heteroatoms. The van der Waals surface area contributed by atoms with Crippen molar-refractivity contribution < 1.29 is 13.9 Å². The van der Waals surface area contributed by atoms with Gasteiger partial charge < -0.3 is 19.9 Å². The minimum atomic E-state index is -0.547. The van der Waals surface area contributed by atoms with Crippen molar-refractivity contribution in [1.29, 1.82) is 5.26 Å². The van der Waals surface area contributed by atoms with Gasteiger partial charge >= 0.3 is 6.09 Å². The highest BCUT2D eigenvalue weighted by atomic mass is 32.1. The molecule has 1 saturated heterocycles. The fourth-order valence-corrected chi connectivity index (χ4v) is 5.65. The van der Waals surface area contributed by atoms with E-state index in [4.69, 9.17) is 14.8 Å². The molecular formula is C29H33FN8O2S. The molecule has 1 amide bonds. The Bertz CT molecular complexity index is 1630. The molecule has 4 aromatic rings. The number of piperazine rings is 1. The predicted molar refractivity (Wildman–Crippen MR) is 157 cm³/mol. The Labute approximate surface area is 242 Å². The van der Waals surface area contributed by atoms with E-state index in [1.54, 1.807) is 17.0 Å². The van der Waals surface area contributed by atoms with Gasteiger partial charge in [0.2, 0.25) is 0 Å². The highest BCUT2D eigenvalue weighted by Gasteiger charge is 2.31. The van der Waals surface area contributed by atoms with Gasteiger partial charge in [0.1, 0.15) is 39.6 Å². The third-order valence-electron chi connectivity index (χ3n) is 6.81. The zero-order chi connectivity index (χ0) is 29.5. The number of anilines is 3. The van der Waals surface area contributed by atoms with Crippen LogP contribution in [-0.2, 0) is 11.2 Å². The molecule has 1 N–H and O–H groups in total. The molecular weight excluding hydrogens is 543 g/mol. The van der Waals surface area contributed by atoms with Crippen LogP contribution in [0.3, 0.4) is 0 Å². The average Bonchev–Trinajstić information content (AvgIpc) is 3.49. The lowest BCUT2D eigenvalue weighted by Gasteiger charge is -2.40. The van der Waals surface area contributed by atoms with E-state index in [0.717, 1.165) is 22.9 Å². The minimum absolute atomic E-state index is 0.0195. The minimum Gasteiger partial charge on any atom is -0.444 e. The van der Waals surface area contributed by atoms with E-state index in [0.29, 0.717) is 53.0 Å². The summed E-state index contributed by atoms with van der Waals surface area (Å²) in [6.07, 6.45) is 0.353. The number of carbonyl (C=O) groups excluding carboxylic acids is 1. The predicted octanol–water partition coefficient (Wildman–Crippen LogP) is 5.92. The smallest absolute Gasteiger partial charge is 0.410 e. The van der Waals surface area contributed by atoms with Crippen molar-refractivity contribution in [3.63, 3.8) is 0 Å². The number of thiazole rings is 1. The number of rotatable bonds is 5. The molecule has 0 unspecified atom stereocenters. The van der Waals surface area contributed by atoms with Crippen molar-refractivity contribution >= 4 is 39.7 Å². The SMILES string of the molecule is CCc1nn2c(C)cc(N3CCN(C(=O)OC(C)(C)C)C[C@H]3C)nc2c1Nc1nc(-c2ccc(F)cc2)c(C#N)s1. The van der Waals surface area contributed by atoms with E-state index in [1.807, 2.05) is 45.2 Å². The van der Waals surface area contributed by atoms with Gasteiger partial charge in [-0.15, -0.1) is 0 Å². The highest BCUT2D eigenvalue weighted by Crippen LogP contribution is 2.35. The van der Waals surface area contributed by atoms with Gasteiger partial charge in [0.05, 0.1) is 5.69 Å². The molecule has 0 bridgehead atoms. The van der Waals surface area contributed by atoms with E-state index in [-0.39, 0.29) is 18.0 Å². The monoisotopic (exact) mass is 576 g/mol. The van der Waals surface area contributed by atoms with Crippen LogP contribution in [0.2, 0.25) is 0 Å². The van der Waals surface area contributed by atoms with Crippen molar-refractivity contribution in [2.24, 2.45) is 0 Å². The first-order valence-electron chi connectivity index (χ1n) is 13.5. The molecule has 1 atom stereocenters. The maximum atomic E-state index is 13.5. The summed E-state index contributed by atoms with van der Waals surface area (Å²) in [5.41, 5.74) is 3.72. The zero-order valence-corrected chi connectivity index (χ0v) is 24.8. The summed E-state index contributed by atoms with van der Waals surface area (Å²) in [6, 6.07) is 10.2. The van der Waals surface area contributed by atoms with Crippen LogP contribution in [0.1, 0.15) is 50.9 Å². The van der Waals surface area contributed by atoms with Crippen LogP contribution in [0, 0.1) is 24.1 Å². The highest BCUT2D eigenvalue weighted by molar-refractivity contribution is 7.16. The van der Waals surface area contributed by atoms with E-state index in [9.17, 15) is 14.4 Å². The molecule has 5 rings (SSSR count). The summed E-state index contributed by atoms with van der Waals surface area (Å²) in [5, 5.41) is 18.4. The summed E-state index contributed by atoms with van der Waals surface area (Å²) < 4.78 is 20.9. The Morgan fingerprint density at radius 1 is 1.24 bits per heavy atom. The number of ether oxygens (including phenoxy) is 1. The van der Waals surface area contributed by atoms with Crippen molar-refractivity contribution in [2.45, 2.75) is 59.6 Å². The number of aryl methyl sites for hydroxylation is 2. The molecule has 4 heterocycles. The Hall–Kier alpha value is -4.24. The summed E-state index contributed by atoms with van der Waals surface area (Å²) in [4.78, 5) is 26.7. The van der Waals surface area contributed by atoms with Gasteiger partial charge in [0.25, 0.3) is 0 Å². The number of hydrogen-bond acceptors (Lipinski definition) is 9. The molecule has 0 radical (unpaired) electrons. The topological polar surface area (TPSA) is 112 Å². The number of nitriles is 1. The normalized spacial score (nSPS) is 15.7. The maximum absolute atomic E-state index is 13.5. The number of aromatic nitrogens is 4. The van der Waals surface area contributed by atoms with Gasteiger partial charge in [0.15, 0.2) is 10.8 Å². The summed E-state index contributed by atoms with van der Waals surface area (Å²) >= 11 is 1.23. The quantitative estimate of drug-likeness (QED) is 0.312. The second-order valence-corrected chi connectivity index (χ2v) is 12.1. The fourth-order valence-electron chi connectivity index (χ4n) is 4.86. The number of hydrogen-bond donors (Lipinski definition) is 1. The van der Waals surface area contributed by atoms with E-state index in [2.05, 4.69) is 28.2 Å². The Kier molecular flexibility index (Phi) is 7.57. The molecule has 10 nitrogen and oxygen atoms in total. The van der Waals surface area contributed by atoms with Crippen LogP contribution < -0.4 is 10.2 Å². The number of nitrogens with zero attached hydrogens (tertiary/aromatic N) is 7. The van der Waals surface area contributed by atoms with Crippen molar-refractivity contribution in [2.75, 3.05) is 29.9 Å². The first-order chi connectivity index (χ1) is 19.5. The third kappa shape index (κ3) is 5.81. The molecule has 0 aliphatic carbocycles. The Balaban J connectivity index is 1.46. The molecule has 41 heavy (non-hydrogen) atoms. The van der Waals surface area contributed by atoms with Crippen LogP contribution in [0.5, 0.6) is 0 Å². The first kappa shape index (κ1) is 28.3. The summed E-state index contributed by atoms with van der Waals surface area (Å²) in [5.74, 6) is 0.443. The van der Waals surface area contributed by atoms with Crippen molar-refractivity contribution in [3.05, 3.63) is 52.4 Å². The number of nitrogens with one attached hydrogen (secondary N) is 1. The number of halogens is 1. The zero-order valence-electron chi connectivity index (χ0n) is 24.0. The van der Waals surface area contributed by atoms with Crippen molar-refractivity contribution in [3.8, 4) is 17.3 Å². The molecule has 1 aliphatic rings. The third-order valence-corrected chi connectivity index (χ3v) is 7.69. The standard InChI is InChI=1S/C29H33FN8O2S/c1-7-21-25(34-27-33-24(22(15-31)41-27)19-8-10-20(30)11-9-19)26-32-23(14-17(2)38(26)35-21)37-13-12-36(16-18(37)3)28(39)40-29(4,5)6/h8-11,14,18H,7,12-13,16H2,1-6H3,(H,33,34)/t18-/m1/s1. The van der Waals surface area contributed by atoms with Gasteiger partial charge in [-0.05, 0) is 65.3 Å². The molecule has 1 aliphatic heterocycles. The Morgan fingerprint density at radius 2 is 1.98 bits per heavy atom. The van der Waals surface area contributed by atoms with Gasteiger partial charge in [0, 0.05) is 43.0 Å². The molecule has 0 saturated carbocycles. The van der Waals surface area contributed by atoms with Gasteiger partial charge in [-0.2, -0.15) is 10.4 Å². The molecule has 214 valence electrons. The average molecular weight is 577 g/mol. The number of carbonyl (C=O) groups is 1. The van der Waals surface area contributed by atoms with E-state index >= 15 is 0 Å². The maximum Gasteiger partial charge on any atom is 0.410 e. The first-order valence-corrected chi connectivity index (χ1v) is 14.4. The summed E-state index contributed by atoms with van der Waals surface area (Å²) in [6.45, 7) is 13.3. The second-order valence-electron chi connectivity index (χ2n) is 11.1. The molecule has 1 fully saturated rings. The van der Waals surface area contributed by atoms with Crippen LogP contribution in [0.15, 0.2) is 30.3 Å². The Morgan fingerprint density at radius 3 is 2.61 bits per heavy atom.